The highest BCUT2D eigenvalue weighted by atomic mass is 15.0. The predicted octanol–water partition coefficient (Wildman–Crippen LogP) is 8.28. The lowest BCUT2D eigenvalue weighted by molar-refractivity contribution is 1.06. The smallest absolute Gasteiger partial charge is 0.160 e. The van der Waals surface area contributed by atoms with E-state index in [4.69, 9.17) is 9.97 Å². The molecule has 36 heavy (non-hydrogen) atoms. The van der Waals surface area contributed by atoms with E-state index in [-0.39, 0.29) is 0 Å². The van der Waals surface area contributed by atoms with Crippen LogP contribution in [-0.4, -0.2) is 14.5 Å². The topological polar surface area (TPSA) is 30.7 Å². The third kappa shape index (κ3) is 3.71. The fourth-order valence-corrected chi connectivity index (χ4v) is 4.92. The zero-order chi connectivity index (χ0) is 24.5. The van der Waals surface area contributed by atoms with Crippen LogP contribution in [-0.2, 0) is 6.42 Å². The lowest BCUT2D eigenvalue weighted by Crippen LogP contribution is -1.99. The van der Waals surface area contributed by atoms with E-state index >= 15 is 0 Å². The van der Waals surface area contributed by atoms with Gasteiger partial charge in [-0.15, -0.1) is 6.58 Å². The predicted molar refractivity (Wildman–Crippen MR) is 151 cm³/mol. The van der Waals surface area contributed by atoms with Crippen LogP contribution in [0.4, 0.5) is 0 Å². The zero-order valence-electron chi connectivity index (χ0n) is 19.9. The van der Waals surface area contributed by atoms with Crippen LogP contribution in [0.5, 0.6) is 0 Å². The Labute approximate surface area is 210 Å². The van der Waals surface area contributed by atoms with E-state index in [9.17, 15) is 0 Å². The maximum Gasteiger partial charge on any atom is 0.160 e. The molecule has 0 aliphatic carbocycles. The third-order valence-electron chi connectivity index (χ3n) is 6.51. The molecule has 0 amide bonds. The molecule has 2 heterocycles. The summed E-state index contributed by atoms with van der Waals surface area (Å²) in [5, 5.41) is 2.42. The standard InChI is InChI=1S/C33H25N3/c1-3-12-26-22-29(24-13-6-5-7-14-24)35-33(34-26)25-16-10-17-27(21-25)36-30-19-9-8-18-28(30)32-23(4-2)15-11-20-31(32)36/h3-11,13-22H,1-2,12H2. The van der Waals surface area contributed by atoms with Gasteiger partial charge in [-0.2, -0.15) is 0 Å². The normalized spacial score (nSPS) is 11.1. The number of allylic oxidation sites excluding steroid dienone is 1. The van der Waals surface area contributed by atoms with E-state index in [1.807, 2.05) is 36.4 Å². The van der Waals surface area contributed by atoms with E-state index < -0.39 is 0 Å². The fourth-order valence-electron chi connectivity index (χ4n) is 4.92. The van der Waals surface area contributed by atoms with Crippen LogP contribution < -0.4 is 0 Å². The molecule has 0 radical (unpaired) electrons. The summed E-state index contributed by atoms with van der Waals surface area (Å²) >= 11 is 0. The van der Waals surface area contributed by atoms with Crippen molar-refractivity contribution in [3.63, 3.8) is 0 Å². The highest BCUT2D eigenvalue weighted by Crippen LogP contribution is 2.35. The SMILES string of the molecule is C=CCc1cc(-c2ccccc2)nc(-c2cccc(-n3c4ccccc4c4c(C=C)cccc43)c2)n1. The van der Waals surface area contributed by atoms with Crippen LogP contribution >= 0.6 is 0 Å². The molecular weight excluding hydrogens is 438 g/mol. The third-order valence-corrected chi connectivity index (χ3v) is 6.51. The number of para-hydroxylation sites is 1. The van der Waals surface area contributed by atoms with E-state index in [1.165, 1.54) is 10.8 Å². The maximum absolute atomic E-state index is 4.96. The average Bonchev–Trinajstić information content (AvgIpc) is 3.28. The Hall–Kier alpha value is -4.76. The van der Waals surface area contributed by atoms with Gasteiger partial charge in [0.25, 0.3) is 0 Å². The molecule has 0 fully saturated rings. The Morgan fingerprint density at radius 3 is 2.28 bits per heavy atom. The molecule has 0 saturated carbocycles. The molecule has 0 spiro atoms. The van der Waals surface area contributed by atoms with E-state index in [1.54, 1.807) is 0 Å². The zero-order valence-corrected chi connectivity index (χ0v) is 19.9. The van der Waals surface area contributed by atoms with Crippen molar-refractivity contribution < 1.29 is 0 Å². The molecule has 3 nitrogen and oxygen atoms in total. The molecule has 3 heteroatoms. The first-order valence-corrected chi connectivity index (χ1v) is 12.1. The van der Waals surface area contributed by atoms with Gasteiger partial charge in [-0.1, -0.05) is 91.5 Å². The first-order chi connectivity index (χ1) is 17.8. The van der Waals surface area contributed by atoms with Gasteiger partial charge in [0, 0.05) is 39.7 Å². The number of benzene rings is 4. The second-order valence-electron chi connectivity index (χ2n) is 8.78. The number of nitrogens with zero attached hydrogens (tertiary/aromatic N) is 3. The number of fused-ring (bicyclic) bond motifs is 3. The molecule has 0 bridgehead atoms. The summed E-state index contributed by atoms with van der Waals surface area (Å²) < 4.78 is 2.31. The van der Waals surface area contributed by atoms with Crippen LogP contribution in [0, 0.1) is 0 Å². The van der Waals surface area contributed by atoms with Crippen LogP contribution in [0.3, 0.4) is 0 Å². The molecule has 6 rings (SSSR count). The first kappa shape index (κ1) is 21.8. The number of hydrogen-bond donors (Lipinski definition) is 0. The molecule has 0 aliphatic rings. The molecule has 172 valence electrons. The summed E-state index contributed by atoms with van der Waals surface area (Å²) in [5.74, 6) is 0.711. The van der Waals surface area contributed by atoms with E-state index in [0.29, 0.717) is 12.2 Å². The second kappa shape index (κ2) is 9.12. The highest BCUT2D eigenvalue weighted by molar-refractivity contribution is 6.12. The number of rotatable bonds is 6. The molecule has 0 saturated heterocycles. The van der Waals surface area contributed by atoms with Crippen molar-refractivity contribution in [1.29, 1.82) is 0 Å². The number of aromatic nitrogens is 3. The quantitative estimate of drug-likeness (QED) is 0.233. The van der Waals surface area contributed by atoms with Gasteiger partial charge in [-0.3, -0.25) is 0 Å². The molecule has 4 aromatic carbocycles. The summed E-state index contributed by atoms with van der Waals surface area (Å²) in [6.07, 6.45) is 4.50. The summed E-state index contributed by atoms with van der Waals surface area (Å²) in [6.45, 7) is 7.96. The van der Waals surface area contributed by atoms with Gasteiger partial charge >= 0.3 is 0 Å². The minimum atomic E-state index is 0.687. The van der Waals surface area contributed by atoms with Gasteiger partial charge in [-0.05, 0) is 35.9 Å². The van der Waals surface area contributed by atoms with Gasteiger partial charge in [-0.25, -0.2) is 9.97 Å². The van der Waals surface area contributed by atoms with Crippen molar-refractivity contribution in [1.82, 2.24) is 14.5 Å². The van der Waals surface area contributed by atoms with Gasteiger partial charge in [0.15, 0.2) is 5.82 Å². The molecule has 0 aliphatic heterocycles. The van der Waals surface area contributed by atoms with E-state index in [0.717, 1.165) is 44.8 Å². The van der Waals surface area contributed by atoms with Gasteiger partial charge in [0.1, 0.15) is 0 Å². The van der Waals surface area contributed by atoms with Crippen molar-refractivity contribution in [3.05, 3.63) is 134 Å². The van der Waals surface area contributed by atoms with Crippen LogP contribution in [0.2, 0.25) is 0 Å². The van der Waals surface area contributed by atoms with E-state index in [2.05, 4.69) is 96.6 Å². The molecular formula is C33H25N3. The van der Waals surface area contributed by atoms with Crippen molar-refractivity contribution in [2.45, 2.75) is 6.42 Å². The van der Waals surface area contributed by atoms with Crippen LogP contribution in [0.25, 0.3) is 56.2 Å². The van der Waals surface area contributed by atoms with Crippen molar-refractivity contribution in [2.75, 3.05) is 0 Å². The minimum Gasteiger partial charge on any atom is -0.309 e. The van der Waals surface area contributed by atoms with Crippen molar-refractivity contribution >= 4 is 27.9 Å². The molecule has 2 aromatic heterocycles. The Bertz CT molecular complexity index is 1740. The van der Waals surface area contributed by atoms with Crippen molar-refractivity contribution in [2.24, 2.45) is 0 Å². The Balaban J connectivity index is 1.56. The Kier molecular flexibility index (Phi) is 5.51. The molecule has 0 unspecified atom stereocenters. The largest absolute Gasteiger partial charge is 0.309 e. The summed E-state index contributed by atoms with van der Waals surface area (Å²) in [5.41, 5.74) is 8.42. The Morgan fingerprint density at radius 1 is 0.694 bits per heavy atom. The summed E-state index contributed by atoms with van der Waals surface area (Å²) in [4.78, 5) is 9.85. The summed E-state index contributed by atoms with van der Waals surface area (Å²) in [6, 6.07) is 35.7. The van der Waals surface area contributed by atoms with Crippen LogP contribution in [0.1, 0.15) is 11.3 Å². The molecule has 6 aromatic rings. The minimum absolute atomic E-state index is 0.687. The first-order valence-electron chi connectivity index (χ1n) is 12.1. The highest BCUT2D eigenvalue weighted by Gasteiger charge is 2.15. The molecule has 0 atom stereocenters. The summed E-state index contributed by atoms with van der Waals surface area (Å²) in [7, 11) is 0. The lowest BCUT2D eigenvalue weighted by Gasteiger charge is -2.11. The monoisotopic (exact) mass is 463 g/mol. The molecule has 0 N–H and O–H groups in total. The van der Waals surface area contributed by atoms with Gasteiger partial charge in [0.2, 0.25) is 0 Å². The second-order valence-corrected chi connectivity index (χ2v) is 8.78. The maximum atomic E-state index is 4.96. The van der Waals surface area contributed by atoms with Crippen LogP contribution in [0.15, 0.2) is 122 Å². The average molecular weight is 464 g/mol. The fraction of sp³-hybridized carbons (Fsp3) is 0.0303. The van der Waals surface area contributed by atoms with Crippen molar-refractivity contribution in [3.8, 4) is 28.3 Å². The van der Waals surface area contributed by atoms with Gasteiger partial charge in [0.05, 0.1) is 16.7 Å². The van der Waals surface area contributed by atoms with Gasteiger partial charge < -0.3 is 4.57 Å². The Morgan fingerprint density at radius 2 is 1.44 bits per heavy atom. The number of hydrogen-bond acceptors (Lipinski definition) is 2. The lowest BCUT2D eigenvalue weighted by atomic mass is 10.1.